The number of aldehydes is 1. The van der Waals surface area contributed by atoms with Crippen molar-refractivity contribution in [2.75, 3.05) is 0 Å². The molecule has 0 atom stereocenters. The average molecular weight is 283 g/mol. The van der Waals surface area contributed by atoms with Crippen molar-refractivity contribution >= 4 is 28.1 Å². The first-order valence-corrected chi connectivity index (χ1v) is 7.19. The highest BCUT2D eigenvalue weighted by atomic mass is 16.1. The molecule has 0 unspecified atom stereocenters. The van der Waals surface area contributed by atoms with Crippen LogP contribution in [0.4, 0.5) is 0 Å². The summed E-state index contributed by atoms with van der Waals surface area (Å²) in [5, 5.41) is 2.07. The van der Waals surface area contributed by atoms with Gasteiger partial charge in [0.2, 0.25) is 0 Å². The number of fused-ring (bicyclic) bond motifs is 2. The van der Waals surface area contributed by atoms with E-state index in [1.165, 1.54) is 0 Å². The van der Waals surface area contributed by atoms with Gasteiger partial charge in [0.25, 0.3) is 0 Å². The summed E-state index contributed by atoms with van der Waals surface area (Å²) in [7, 11) is 0. The first-order valence-electron chi connectivity index (χ1n) is 7.19. The van der Waals surface area contributed by atoms with Gasteiger partial charge in [-0.25, -0.2) is 4.98 Å². The molecule has 1 heterocycles. The minimum Gasteiger partial charge on any atom is -0.298 e. The summed E-state index contributed by atoms with van der Waals surface area (Å²) in [4.78, 5) is 16.1. The van der Waals surface area contributed by atoms with Crippen LogP contribution in [-0.2, 0) is 0 Å². The van der Waals surface area contributed by atoms with Crippen molar-refractivity contribution < 1.29 is 4.79 Å². The van der Waals surface area contributed by atoms with Gasteiger partial charge in [0.05, 0.1) is 11.0 Å². The molecule has 0 fully saturated rings. The van der Waals surface area contributed by atoms with Gasteiger partial charge in [-0.2, -0.15) is 0 Å². The molecule has 0 amide bonds. The number of benzene rings is 3. The molecule has 0 saturated heterocycles. The van der Waals surface area contributed by atoms with Crippen LogP contribution in [0, 0.1) is 0 Å². The second kappa shape index (κ2) is 5.08. The molecule has 0 radical (unpaired) electrons. The minimum absolute atomic E-state index is 0.670. The molecule has 1 aromatic heterocycles. The van der Waals surface area contributed by atoms with Crippen molar-refractivity contribution in [2.24, 2.45) is 0 Å². The lowest BCUT2D eigenvalue weighted by molar-refractivity contribution is 0.112. The number of para-hydroxylation sites is 1. The van der Waals surface area contributed by atoms with E-state index in [1.54, 1.807) is 0 Å². The third kappa shape index (κ3) is 2.06. The molecule has 0 spiro atoms. The standard InChI is InChI=1S/C20H13NO/c22-13-14-10-17-12-16-8-4-5-9-19(16)21-20(17)18(11-14)15-6-2-1-3-7-15/h1-13H. The van der Waals surface area contributed by atoms with Crippen LogP contribution >= 0.6 is 0 Å². The van der Waals surface area contributed by atoms with Crippen molar-refractivity contribution in [3.63, 3.8) is 0 Å². The molecule has 0 aliphatic rings. The Morgan fingerprint density at radius 2 is 1.55 bits per heavy atom. The Bertz CT molecular complexity index is 990. The number of nitrogens with zero attached hydrogens (tertiary/aromatic N) is 1. The van der Waals surface area contributed by atoms with E-state index in [0.717, 1.165) is 39.2 Å². The van der Waals surface area contributed by atoms with Crippen molar-refractivity contribution in [1.29, 1.82) is 0 Å². The average Bonchev–Trinajstić information content (AvgIpc) is 2.59. The van der Waals surface area contributed by atoms with Crippen LogP contribution in [-0.4, -0.2) is 11.3 Å². The number of carbonyl (C=O) groups excluding carboxylic acids is 1. The molecule has 2 nitrogen and oxygen atoms in total. The van der Waals surface area contributed by atoms with E-state index in [4.69, 9.17) is 4.98 Å². The lowest BCUT2D eigenvalue weighted by Crippen LogP contribution is -1.90. The quantitative estimate of drug-likeness (QED) is 0.388. The van der Waals surface area contributed by atoms with Gasteiger partial charge in [-0.3, -0.25) is 4.79 Å². The second-order valence-corrected chi connectivity index (χ2v) is 5.31. The van der Waals surface area contributed by atoms with Crippen LogP contribution in [0.25, 0.3) is 32.9 Å². The summed E-state index contributed by atoms with van der Waals surface area (Å²) in [5.74, 6) is 0. The van der Waals surface area contributed by atoms with E-state index in [9.17, 15) is 4.79 Å². The molecular formula is C20H13NO. The fourth-order valence-electron chi connectivity index (χ4n) is 2.82. The molecule has 4 rings (SSSR count). The molecule has 3 aromatic carbocycles. The Morgan fingerprint density at radius 1 is 0.773 bits per heavy atom. The predicted octanol–water partition coefficient (Wildman–Crippen LogP) is 4.87. The summed E-state index contributed by atoms with van der Waals surface area (Å²) in [6.45, 7) is 0. The highest BCUT2D eigenvalue weighted by Crippen LogP contribution is 2.30. The highest BCUT2D eigenvalue weighted by Gasteiger charge is 2.09. The smallest absolute Gasteiger partial charge is 0.150 e. The molecule has 22 heavy (non-hydrogen) atoms. The third-order valence-electron chi connectivity index (χ3n) is 3.86. The molecule has 0 saturated carbocycles. The molecule has 0 N–H and O–H groups in total. The Morgan fingerprint density at radius 3 is 2.36 bits per heavy atom. The first-order chi connectivity index (χ1) is 10.8. The van der Waals surface area contributed by atoms with E-state index < -0.39 is 0 Å². The normalized spacial score (nSPS) is 10.9. The Balaban J connectivity index is 2.13. The molecule has 0 aliphatic heterocycles. The zero-order valence-electron chi connectivity index (χ0n) is 11.9. The van der Waals surface area contributed by atoms with E-state index in [2.05, 4.69) is 6.07 Å². The number of hydrogen-bond donors (Lipinski definition) is 0. The van der Waals surface area contributed by atoms with Gasteiger partial charge in [0.1, 0.15) is 6.29 Å². The summed E-state index contributed by atoms with van der Waals surface area (Å²) < 4.78 is 0. The van der Waals surface area contributed by atoms with Crippen molar-refractivity contribution in [3.05, 3.63) is 78.4 Å². The van der Waals surface area contributed by atoms with Gasteiger partial charge in [-0.05, 0) is 29.8 Å². The SMILES string of the molecule is O=Cc1cc(-c2ccccc2)c2nc3ccccc3cc2c1. The van der Waals surface area contributed by atoms with Gasteiger partial charge < -0.3 is 0 Å². The van der Waals surface area contributed by atoms with Crippen LogP contribution in [0.15, 0.2) is 72.8 Å². The zero-order chi connectivity index (χ0) is 14.9. The number of rotatable bonds is 2. The summed E-state index contributed by atoms with van der Waals surface area (Å²) in [5.41, 5.74) is 4.62. The predicted molar refractivity (Wildman–Crippen MR) is 90.1 cm³/mol. The van der Waals surface area contributed by atoms with E-state index >= 15 is 0 Å². The largest absolute Gasteiger partial charge is 0.298 e. The fourth-order valence-corrected chi connectivity index (χ4v) is 2.82. The molecule has 4 aromatic rings. The number of pyridine rings is 1. The van der Waals surface area contributed by atoms with Gasteiger partial charge in [-0.1, -0.05) is 48.5 Å². The van der Waals surface area contributed by atoms with E-state index in [-0.39, 0.29) is 0 Å². The minimum atomic E-state index is 0.670. The fraction of sp³-hybridized carbons (Fsp3) is 0. The maximum Gasteiger partial charge on any atom is 0.150 e. The molecule has 2 heteroatoms. The van der Waals surface area contributed by atoms with Gasteiger partial charge in [-0.15, -0.1) is 0 Å². The van der Waals surface area contributed by atoms with Crippen LogP contribution in [0.3, 0.4) is 0 Å². The summed E-state index contributed by atoms with van der Waals surface area (Å²) in [6.07, 6.45) is 0.890. The third-order valence-corrected chi connectivity index (χ3v) is 3.86. The Labute approximate surface area is 128 Å². The summed E-state index contributed by atoms with van der Waals surface area (Å²) >= 11 is 0. The summed E-state index contributed by atoms with van der Waals surface area (Å²) in [6, 6.07) is 24.0. The lowest BCUT2D eigenvalue weighted by atomic mass is 9.98. The number of aromatic nitrogens is 1. The Kier molecular flexibility index (Phi) is 2.94. The molecule has 0 aliphatic carbocycles. The maximum atomic E-state index is 11.3. The van der Waals surface area contributed by atoms with Gasteiger partial charge in [0.15, 0.2) is 0 Å². The van der Waals surface area contributed by atoms with Gasteiger partial charge in [0, 0.05) is 21.9 Å². The molecular weight excluding hydrogens is 270 g/mol. The first kappa shape index (κ1) is 12.7. The highest BCUT2D eigenvalue weighted by molar-refractivity contribution is 6.02. The molecule has 0 bridgehead atoms. The Hall–Kier alpha value is -3.00. The van der Waals surface area contributed by atoms with E-state index in [0.29, 0.717) is 5.56 Å². The van der Waals surface area contributed by atoms with Crippen molar-refractivity contribution in [3.8, 4) is 11.1 Å². The zero-order valence-corrected chi connectivity index (χ0v) is 11.9. The van der Waals surface area contributed by atoms with Gasteiger partial charge >= 0.3 is 0 Å². The monoisotopic (exact) mass is 283 g/mol. The van der Waals surface area contributed by atoms with E-state index in [1.807, 2.05) is 66.7 Å². The van der Waals surface area contributed by atoms with Crippen molar-refractivity contribution in [2.45, 2.75) is 0 Å². The second-order valence-electron chi connectivity index (χ2n) is 5.31. The van der Waals surface area contributed by atoms with Crippen LogP contribution in [0.1, 0.15) is 10.4 Å². The maximum absolute atomic E-state index is 11.3. The van der Waals surface area contributed by atoms with Crippen LogP contribution < -0.4 is 0 Å². The molecule has 104 valence electrons. The van der Waals surface area contributed by atoms with Crippen molar-refractivity contribution in [1.82, 2.24) is 4.98 Å². The number of carbonyl (C=O) groups is 1. The number of hydrogen-bond acceptors (Lipinski definition) is 2. The van der Waals surface area contributed by atoms with Crippen LogP contribution in [0.2, 0.25) is 0 Å². The van der Waals surface area contributed by atoms with Crippen LogP contribution in [0.5, 0.6) is 0 Å². The topological polar surface area (TPSA) is 30.0 Å². The lowest BCUT2D eigenvalue weighted by Gasteiger charge is -2.09.